The summed E-state index contributed by atoms with van der Waals surface area (Å²) in [5, 5.41) is 11.0. The number of aromatic hydroxyl groups is 1. The first-order valence-electron chi connectivity index (χ1n) is 13.9. The molecule has 4 aliphatic carbocycles. The highest BCUT2D eigenvalue weighted by molar-refractivity contribution is 5.61. The molecule has 7 rings (SSSR count). The summed E-state index contributed by atoms with van der Waals surface area (Å²) in [6.45, 7) is 21.4. The molecule has 1 N–H and O–H groups in total. The van der Waals surface area contributed by atoms with Crippen molar-refractivity contribution >= 4 is 0 Å². The van der Waals surface area contributed by atoms with E-state index >= 15 is 0 Å². The van der Waals surface area contributed by atoms with Crippen molar-refractivity contribution < 1.29 is 9.84 Å². The van der Waals surface area contributed by atoms with Crippen LogP contribution in [0.25, 0.3) is 0 Å². The summed E-state index contributed by atoms with van der Waals surface area (Å²) in [4.78, 5) is 2.84. The van der Waals surface area contributed by atoms with E-state index in [1.807, 2.05) is 6.07 Å². The fourth-order valence-electron chi connectivity index (χ4n) is 9.43. The Morgan fingerprint density at radius 3 is 2.59 bits per heavy atom. The Labute approximate surface area is 207 Å². The molecule has 6 atom stereocenters. The lowest BCUT2D eigenvalue weighted by Crippen LogP contribution is -2.76. The lowest BCUT2D eigenvalue weighted by molar-refractivity contribution is -0.229. The van der Waals surface area contributed by atoms with Crippen LogP contribution in [-0.2, 0) is 5.41 Å². The molecule has 0 radical (unpaired) electrons. The Bertz CT molecular complexity index is 1030. The first kappa shape index (κ1) is 23.0. The van der Waals surface area contributed by atoms with Crippen LogP contribution >= 0.6 is 0 Å². The number of ether oxygens (including phenoxy) is 1. The minimum Gasteiger partial charge on any atom is -0.504 e. The number of benzene rings is 1. The van der Waals surface area contributed by atoms with Crippen LogP contribution in [0.15, 0.2) is 24.3 Å². The molecule has 34 heavy (non-hydrogen) atoms. The van der Waals surface area contributed by atoms with Gasteiger partial charge in [-0.2, -0.15) is 0 Å². The minimum absolute atomic E-state index is 0.00640. The predicted molar refractivity (Wildman–Crippen MR) is 138 cm³/mol. The molecule has 1 saturated heterocycles. The molecule has 0 unspecified atom stereocenters. The number of piperidine rings is 1. The Balaban J connectivity index is 1.58. The lowest BCUT2D eigenvalue weighted by Gasteiger charge is -2.73. The number of aryl methyl sites for hydroxylation is 1. The van der Waals surface area contributed by atoms with Gasteiger partial charge in [-0.25, -0.2) is 0 Å². The van der Waals surface area contributed by atoms with Gasteiger partial charge in [-0.05, 0) is 99.6 Å². The van der Waals surface area contributed by atoms with Gasteiger partial charge in [0.15, 0.2) is 11.5 Å². The van der Waals surface area contributed by atoms with Gasteiger partial charge in [0, 0.05) is 29.0 Å². The second kappa shape index (κ2) is 7.05. The SMILES string of the molecule is C=C([C@H]1C[C@@]23CC[C@@]1(CC)[C@@H]1Oc4c(O)ccc(C)c4[C@@]12CCN(CC1CC1)[C@@H]3C)C(C)(C)C. The average molecular weight is 464 g/mol. The number of phenols is 1. The van der Waals surface area contributed by atoms with Crippen molar-refractivity contribution in [3.8, 4) is 11.5 Å². The molecule has 5 fully saturated rings. The second-order valence-electron chi connectivity index (χ2n) is 13.7. The molecule has 0 aromatic heterocycles. The fourth-order valence-corrected chi connectivity index (χ4v) is 9.43. The smallest absolute Gasteiger partial charge is 0.165 e. The molecule has 186 valence electrons. The van der Waals surface area contributed by atoms with E-state index in [-0.39, 0.29) is 27.8 Å². The molecule has 6 aliphatic rings. The Morgan fingerprint density at radius 1 is 1.21 bits per heavy atom. The van der Waals surface area contributed by atoms with Gasteiger partial charge in [0.25, 0.3) is 0 Å². The number of nitrogens with zero attached hydrogens (tertiary/aromatic N) is 1. The second-order valence-corrected chi connectivity index (χ2v) is 13.7. The summed E-state index contributed by atoms with van der Waals surface area (Å²) >= 11 is 0. The predicted octanol–water partition coefficient (Wildman–Crippen LogP) is 7.00. The summed E-state index contributed by atoms with van der Waals surface area (Å²) in [7, 11) is 0. The van der Waals surface area contributed by atoms with Crippen LogP contribution in [0.3, 0.4) is 0 Å². The molecule has 2 heterocycles. The molecular formula is C31H45NO2. The fraction of sp³-hybridized carbons (Fsp3) is 0.742. The largest absolute Gasteiger partial charge is 0.504 e. The van der Waals surface area contributed by atoms with Gasteiger partial charge in [0.1, 0.15) is 6.10 Å². The molecule has 3 nitrogen and oxygen atoms in total. The standard InChI is InChI=1S/C31H45NO2/c1-8-29-13-14-30(17-23(29)20(3)28(5,6)7)21(4)32(18-22-10-11-22)16-15-31(30)25-19(2)9-12-24(33)26(25)34-27(29)31/h9,12,21-23,27,33H,3,8,10-11,13-18H2,1-2,4-7H3/t21-,23-,27+,29-,30-,31+/m1/s1. The zero-order valence-electron chi connectivity index (χ0n) is 22.3. The van der Waals surface area contributed by atoms with E-state index in [0.29, 0.717) is 17.7 Å². The van der Waals surface area contributed by atoms with Crippen molar-refractivity contribution in [3.63, 3.8) is 0 Å². The highest BCUT2D eigenvalue weighted by Gasteiger charge is 2.78. The van der Waals surface area contributed by atoms with Crippen LogP contribution in [0.5, 0.6) is 11.5 Å². The number of fused-ring (bicyclic) bond motifs is 3. The molecule has 2 aliphatic heterocycles. The van der Waals surface area contributed by atoms with E-state index in [2.05, 4.69) is 52.5 Å². The molecular weight excluding hydrogens is 418 g/mol. The number of phenolic OH excluding ortho intramolecular Hbond substituents is 1. The molecule has 2 spiro atoms. The van der Waals surface area contributed by atoms with Gasteiger partial charge in [0.2, 0.25) is 0 Å². The van der Waals surface area contributed by atoms with Crippen LogP contribution in [-0.4, -0.2) is 35.2 Å². The summed E-state index contributed by atoms with van der Waals surface area (Å²) < 4.78 is 7.07. The maximum absolute atomic E-state index is 11.0. The van der Waals surface area contributed by atoms with Crippen molar-refractivity contribution in [1.82, 2.24) is 4.90 Å². The van der Waals surface area contributed by atoms with Crippen molar-refractivity contribution in [2.45, 2.75) is 104 Å². The number of hydrogen-bond acceptors (Lipinski definition) is 3. The number of likely N-dealkylation sites (tertiary alicyclic amines) is 1. The van der Waals surface area contributed by atoms with Crippen LogP contribution in [0.4, 0.5) is 0 Å². The van der Waals surface area contributed by atoms with E-state index in [4.69, 9.17) is 11.3 Å². The summed E-state index contributed by atoms with van der Waals surface area (Å²) in [5.41, 5.74) is 4.39. The van der Waals surface area contributed by atoms with E-state index in [1.165, 1.54) is 55.3 Å². The van der Waals surface area contributed by atoms with Crippen LogP contribution in [0.2, 0.25) is 0 Å². The van der Waals surface area contributed by atoms with Crippen molar-refractivity contribution in [3.05, 3.63) is 35.4 Å². The van der Waals surface area contributed by atoms with Crippen molar-refractivity contribution in [2.24, 2.45) is 28.1 Å². The van der Waals surface area contributed by atoms with E-state index in [9.17, 15) is 5.11 Å². The van der Waals surface area contributed by atoms with E-state index in [1.54, 1.807) is 0 Å². The lowest BCUT2D eigenvalue weighted by atomic mass is 9.33. The third-order valence-corrected chi connectivity index (χ3v) is 11.6. The Kier molecular flexibility index (Phi) is 4.76. The highest BCUT2D eigenvalue weighted by atomic mass is 16.5. The van der Waals surface area contributed by atoms with Crippen LogP contribution in [0.1, 0.15) is 90.7 Å². The highest BCUT2D eigenvalue weighted by Crippen LogP contribution is 2.78. The summed E-state index contributed by atoms with van der Waals surface area (Å²) in [5.74, 6) is 2.51. The molecule has 3 heteroatoms. The number of hydrogen-bond donors (Lipinski definition) is 1. The maximum Gasteiger partial charge on any atom is 0.165 e. The summed E-state index contributed by atoms with van der Waals surface area (Å²) in [6, 6.07) is 4.51. The van der Waals surface area contributed by atoms with Gasteiger partial charge in [-0.1, -0.05) is 45.9 Å². The molecule has 0 amide bonds. The summed E-state index contributed by atoms with van der Waals surface area (Å²) in [6.07, 6.45) is 8.91. The molecule has 1 aromatic carbocycles. The monoisotopic (exact) mass is 463 g/mol. The van der Waals surface area contributed by atoms with Gasteiger partial charge in [0.05, 0.1) is 0 Å². The zero-order valence-corrected chi connectivity index (χ0v) is 22.3. The van der Waals surface area contributed by atoms with Gasteiger partial charge < -0.3 is 9.84 Å². The third kappa shape index (κ3) is 2.63. The van der Waals surface area contributed by atoms with Crippen LogP contribution in [0, 0.1) is 35.0 Å². The van der Waals surface area contributed by atoms with Crippen LogP contribution < -0.4 is 4.74 Å². The van der Waals surface area contributed by atoms with E-state index < -0.39 is 0 Å². The molecule has 4 saturated carbocycles. The zero-order chi connectivity index (χ0) is 24.3. The number of allylic oxidation sites excluding steroid dienone is 1. The molecule has 2 bridgehead atoms. The Hall–Kier alpha value is -1.48. The third-order valence-electron chi connectivity index (χ3n) is 11.6. The average Bonchev–Trinajstić information content (AvgIpc) is 3.54. The topological polar surface area (TPSA) is 32.7 Å². The number of rotatable bonds is 4. The first-order chi connectivity index (χ1) is 16.0. The Morgan fingerprint density at radius 2 is 1.94 bits per heavy atom. The van der Waals surface area contributed by atoms with E-state index in [0.717, 1.165) is 31.1 Å². The minimum atomic E-state index is -0.00640. The quantitative estimate of drug-likeness (QED) is 0.488. The van der Waals surface area contributed by atoms with Crippen molar-refractivity contribution in [1.29, 1.82) is 0 Å². The first-order valence-corrected chi connectivity index (χ1v) is 13.9. The maximum atomic E-state index is 11.0. The molecule has 1 aromatic rings. The van der Waals surface area contributed by atoms with Crippen molar-refractivity contribution in [2.75, 3.05) is 13.1 Å². The van der Waals surface area contributed by atoms with Gasteiger partial charge >= 0.3 is 0 Å². The normalized spacial score (nSPS) is 40.9. The van der Waals surface area contributed by atoms with Gasteiger partial charge in [-0.15, -0.1) is 0 Å². The van der Waals surface area contributed by atoms with Gasteiger partial charge in [-0.3, -0.25) is 4.90 Å².